The Kier molecular flexibility index (Phi) is 4.81. The van der Waals surface area contributed by atoms with Crippen molar-refractivity contribution in [1.29, 1.82) is 0 Å². The molecule has 1 atom stereocenters. The number of carbonyl (C=O) groups is 1. The first-order valence-corrected chi connectivity index (χ1v) is 8.32. The van der Waals surface area contributed by atoms with Crippen LogP contribution in [0, 0.1) is 0 Å². The van der Waals surface area contributed by atoms with Crippen molar-refractivity contribution in [2.24, 2.45) is 0 Å². The van der Waals surface area contributed by atoms with Crippen molar-refractivity contribution in [2.75, 3.05) is 19.8 Å². The maximum absolute atomic E-state index is 12.6. The van der Waals surface area contributed by atoms with Crippen molar-refractivity contribution in [3.63, 3.8) is 0 Å². The lowest BCUT2D eigenvalue weighted by atomic mass is 10.0. The van der Waals surface area contributed by atoms with Crippen molar-refractivity contribution in [3.8, 4) is 0 Å². The van der Waals surface area contributed by atoms with Crippen molar-refractivity contribution >= 4 is 16.0 Å². The third kappa shape index (κ3) is 3.46. The summed E-state index contributed by atoms with van der Waals surface area (Å²) in [6.07, 6.45) is 4.17. The van der Waals surface area contributed by atoms with Gasteiger partial charge >= 0.3 is 5.97 Å². The van der Waals surface area contributed by atoms with Gasteiger partial charge in [0.25, 0.3) is 0 Å². The maximum atomic E-state index is 12.6. The molecule has 1 N–H and O–H groups in total. The van der Waals surface area contributed by atoms with Crippen LogP contribution in [0.3, 0.4) is 0 Å². The highest BCUT2D eigenvalue weighted by Gasteiger charge is 2.39. The lowest BCUT2D eigenvalue weighted by Crippen LogP contribution is -2.52. The molecule has 1 unspecified atom stereocenters. The van der Waals surface area contributed by atoms with E-state index in [1.165, 1.54) is 4.31 Å². The Morgan fingerprint density at radius 2 is 1.95 bits per heavy atom. The molecule has 1 heterocycles. The predicted octanol–water partition coefficient (Wildman–Crippen LogP) is 0.824. The van der Waals surface area contributed by atoms with Gasteiger partial charge < -0.3 is 9.84 Å². The molecule has 1 saturated heterocycles. The molecule has 0 spiro atoms. The Labute approximate surface area is 113 Å². The van der Waals surface area contributed by atoms with Gasteiger partial charge in [-0.1, -0.05) is 19.3 Å². The van der Waals surface area contributed by atoms with Crippen LogP contribution in [0.4, 0.5) is 0 Å². The normalized spacial score (nSPS) is 27.3. The number of morpholine rings is 1. The Balaban J connectivity index is 2.13. The Morgan fingerprint density at radius 1 is 1.26 bits per heavy atom. The summed E-state index contributed by atoms with van der Waals surface area (Å²) < 4.78 is 31.8. The number of sulfonamides is 1. The van der Waals surface area contributed by atoms with Crippen molar-refractivity contribution in [3.05, 3.63) is 0 Å². The van der Waals surface area contributed by atoms with E-state index in [-0.39, 0.29) is 24.8 Å². The molecule has 0 amide bonds. The van der Waals surface area contributed by atoms with E-state index >= 15 is 0 Å². The lowest BCUT2D eigenvalue weighted by molar-refractivity contribution is -0.139. The monoisotopic (exact) mass is 291 g/mol. The highest BCUT2D eigenvalue weighted by Crippen LogP contribution is 2.28. The van der Waals surface area contributed by atoms with Crippen molar-refractivity contribution < 1.29 is 23.1 Å². The predicted molar refractivity (Wildman–Crippen MR) is 69.4 cm³/mol. The van der Waals surface area contributed by atoms with Crippen LogP contribution in [-0.4, -0.2) is 54.8 Å². The molecule has 2 fully saturated rings. The molecule has 19 heavy (non-hydrogen) atoms. The highest BCUT2D eigenvalue weighted by molar-refractivity contribution is 7.89. The van der Waals surface area contributed by atoms with Crippen LogP contribution < -0.4 is 0 Å². The average molecular weight is 291 g/mol. The van der Waals surface area contributed by atoms with Gasteiger partial charge in [-0.15, -0.1) is 0 Å². The number of nitrogens with zero attached hydrogens (tertiary/aromatic N) is 1. The fraction of sp³-hybridized carbons (Fsp3) is 0.917. The second-order valence-electron chi connectivity index (χ2n) is 5.24. The minimum Gasteiger partial charge on any atom is -0.481 e. The summed E-state index contributed by atoms with van der Waals surface area (Å²) in [6.45, 7) is 0.803. The van der Waals surface area contributed by atoms with Gasteiger partial charge in [0.05, 0.1) is 30.9 Å². The van der Waals surface area contributed by atoms with Crippen LogP contribution in [0.15, 0.2) is 0 Å². The van der Waals surface area contributed by atoms with Crippen LogP contribution in [0.2, 0.25) is 0 Å². The summed E-state index contributed by atoms with van der Waals surface area (Å²) in [6, 6.07) is -0.557. The van der Waals surface area contributed by atoms with Gasteiger partial charge in [-0.05, 0) is 12.8 Å². The van der Waals surface area contributed by atoms with E-state index in [1.807, 2.05) is 0 Å². The minimum absolute atomic E-state index is 0.179. The number of aliphatic carboxylic acids is 1. The fourth-order valence-electron chi connectivity index (χ4n) is 2.89. The number of hydrogen-bond acceptors (Lipinski definition) is 4. The van der Waals surface area contributed by atoms with Crippen LogP contribution in [0.1, 0.15) is 38.5 Å². The first-order chi connectivity index (χ1) is 9.01. The quantitative estimate of drug-likeness (QED) is 0.829. The average Bonchev–Trinajstić information content (AvgIpc) is 2.39. The van der Waals surface area contributed by atoms with Crippen LogP contribution in [-0.2, 0) is 19.6 Å². The number of ether oxygens (including phenoxy) is 1. The molecule has 110 valence electrons. The molecule has 1 aliphatic heterocycles. The zero-order chi connectivity index (χ0) is 13.9. The van der Waals surface area contributed by atoms with Crippen LogP contribution in [0.5, 0.6) is 0 Å². The van der Waals surface area contributed by atoms with E-state index in [4.69, 9.17) is 9.84 Å². The Hall–Kier alpha value is -0.660. The van der Waals surface area contributed by atoms with Gasteiger partial charge in [0, 0.05) is 6.54 Å². The highest BCUT2D eigenvalue weighted by atomic mass is 32.2. The number of hydrogen-bond donors (Lipinski definition) is 1. The lowest BCUT2D eigenvalue weighted by Gasteiger charge is -2.37. The number of carboxylic acid groups (broad SMARTS) is 1. The zero-order valence-corrected chi connectivity index (χ0v) is 11.8. The summed E-state index contributed by atoms with van der Waals surface area (Å²) in [5.41, 5.74) is 0. The molecule has 6 nitrogen and oxygen atoms in total. The Morgan fingerprint density at radius 3 is 2.58 bits per heavy atom. The van der Waals surface area contributed by atoms with Crippen LogP contribution >= 0.6 is 0 Å². The van der Waals surface area contributed by atoms with Gasteiger partial charge in [-0.2, -0.15) is 4.31 Å². The molecule has 1 aliphatic carbocycles. The molecular formula is C12H21NO5S. The van der Waals surface area contributed by atoms with E-state index in [0.717, 1.165) is 19.3 Å². The molecule has 1 saturated carbocycles. The molecule has 0 aromatic carbocycles. The first kappa shape index (κ1) is 14.7. The third-order valence-corrected chi connectivity index (χ3v) is 6.33. The van der Waals surface area contributed by atoms with E-state index in [0.29, 0.717) is 19.4 Å². The molecule has 0 radical (unpaired) electrons. The van der Waals surface area contributed by atoms with Crippen molar-refractivity contribution in [2.45, 2.75) is 49.8 Å². The van der Waals surface area contributed by atoms with Crippen LogP contribution in [0.25, 0.3) is 0 Å². The number of rotatable bonds is 4. The Bertz CT molecular complexity index is 416. The largest absolute Gasteiger partial charge is 0.481 e. The van der Waals surface area contributed by atoms with Gasteiger partial charge in [0.2, 0.25) is 10.0 Å². The fourth-order valence-corrected chi connectivity index (χ4v) is 5.08. The molecular weight excluding hydrogens is 270 g/mol. The molecule has 0 bridgehead atoms. The third-order valence-electron chi connectivity index (χ3n) is 3.88. The molecule has 7 heteroatoms. The van der Waals surface area contributed by atoms with Crippen molar-refractivity contribution in [1.82, 2.24) is 4.31 Å². The van der Waals surface area contributed by atoms with E-state index < -0.39 is 22.0 Å². The van der Waals surface area contributed by atoms with Gasteiger partial charge in [-0.25, -0.2) is 8.42 Å². The van der Waals surface area contributed by atoms with Gasteiger partial charge in [0.15, 0.2) is 0 Å². The maximum Gasteiger partial charge on any atom is 0.305 e. The van der Waals surface area contributed by atoms with E-state index in [9.17, 15) is 13.2 Å². The summed E-state index contributed by atoms with van der Waals surface area (Å²) in [4.78, 5) is 10.8. The summed E-state index contributed by atoms with van der Waals surface area (Å²) in [5.74, 6) is -0.987. The SMILES string of the molecule is O=C(O)CC1COCCN1S(=O)(=O)C1CCCCC1. The van der Waals surface area contributed by atoms with E-state index in [2.05, 4.69) is 0 Å². The molecule has 0 aromatic rings. The second kappa shape index (κ2) is 6.19. The zero-order valence-electron chi connectivity index (χ0n) is 11.0. The van der Waals surface area contributed by atoms with E-state index in [1.54, 1.807) is 0 Å². The standard InChI is InChI=1S/C12H21NO5S/c14-12(15)8-10-9-18-7-6-13(10)19(16,17)11-4-2-1-3-5-11/h10-11H,1-9H2,(H,14,15). The summed E-state index contributed by atoms with van der Waals surface area (Å²) >= 11 is 0. The van der Waals surface area contributed by atoms with Gasteiger partial charge in [0.1, 0.15) is 0 Å². The summed E-state index contributed by atoms with van der Waals surface area (Å²) in [5, 5.41) is 8.55. The first-order valence-electron chi connectivity index (χ1n) is 6.82. The molecule has 0 aromatic heterocycles. The smallest absolute Gasteiger partial charge is 0.305 e. The second-order valence-corrected chi connectivity index (χ2v) is 7.41. The summed E-state index contributed by atoms with van der Waals surface area (Å²) in [7, 11) is -3.39. The number of carboxylic acids is 1. The minimum atomic E-state index is -3.39. The molecule has 2 rings (SSSR count). The molecule has 2 aliphatic rings. The van der Waals surface area contributed by atoms with Gasteiger partial charge in [-0.3, -0.25) is 4.79 Å². The topological polar surface area (TPSA) is 83.9 Å².